The van der Waals surface area contributed by atoms with Gasteiger partial charge in [-0.2, -0.15) is 0 Å². The van der Waals surface area contributed by atoms with E-state index >= 15 is 0 Å². The fourth-order valence-electron chi connectivity index (χ4n) is 3.42. The van der Waals surface area contributed by atoms with Crippen LogP contribution in [0.3, 0.4) is 0 Å². The highest BCUT2D eigenvalue weighted by molar-refractivity contribution is 8.00. The average Bonchev–Trinajstić information content (AvgIpc) is 3.23. The molecule has 2 aromatic carbocycles. The molecule has 7 nitrogen and oxygen atoms in total. The van der Waals surface area contributed by atoms with Crippen LogP contribution in [-0.2, 0) is 11.2 Å². The molecule has 2 aliphatic rings. The number of carbonyl (C=O) groups is 1. The molecule has 0 radical (unpaired) electrons. The normalized spacial score (nSPS) is 14.0. The van der Waals surface area contributed by atoms with Crippen LogP contribution in [-0.4, -0.2) is 36.7 Å². The standard InChI is InChI=1S/C22H20N2O5S/c1-2-13-7-14-8-18-20(27-6-5-26-18)10-16(14)24-22(13)30-11-21(25)23-15-3-4-17-19(9-15)29-12-28-17/h3-4,7-10H,2,5-6,11-12H2,1H3,(H,23,25). The van der Waals surface area contributed by atoms with E-state index in [-0.39, 0.29) is 18.5 Å². The minimum atomic E-state index is -0.106. The van der Waals surface area contributed by atoms with E-state index in [1.165, 1.54) is 11.8 Å². The molecule has 154 valence electrons. The van der Waals surface area contributed by atoms with Gasteiger partial charge in [-0.25, -0.2) is 4.98 Å². The molecule has 0 saturated carbocycles. The lowest BCUT2D eigenvalue weighted by Crippen LogP contribution is -2.15. The molecule has 2 aliphatic heterocycles. The Bertz CT molecular complexity index is 1130. The Morgan fingerprint density at radius 1 is 1.00 bits per heavy atom. The number of thioether (sulfide) groups is 1. The number of hydrogen-bond donors (Lipinski definition) is 1. The number of aryl methyl sites for hydroxylation is 1. The zero-order chi connectivity index (χ0) is 20.5. The smallest absolute Gasteiger partial charge is 0.234 e. The first-order valence-electron chi connectivity index (χ1n) is 9.75. The summed E-state index contributed by atoms with van der Waals surface area (Å²) in [6, 6.07) is 11.3. The molecule has 1 aromatic heterocycles. The molecular weight excluding hydrogens is 404 g/mol. The van der Waals surface area contributed by atoms with E-state index in [2.05, 4.69) is 18.3 Å². The Morgan fingerprint density at radius 3 is 2.60 bits per heavy atom. The Kier molecular flexibility index (Phi) is 5.00. The van der Waals surface area contributed by atoms with Crippen LogP contribution in [0.2, 0.25) is 0 Å². The second-order valence-corrected chi connectivity index (χ2v) is 7.86. The number of aromatic nitrogens is 1. The van der Waals surface area contributed by atoms with Crippen molar-refractivity contribution in [2.45, 2.75) is 18.4 Å². The molecule has 0 unspecified atom stereocenters. The van der Waals surface area contributed by atoms with Crippen molar-refractivity contribution in [3.63, 3.8) is 0 Å². The van der Waals surface area contributed by atoms with Crippen molar-refractivity contribution in [3.8, 4) is 23.0 Å². The number of rotatable bonds is 5. The van der Waals surface area contributed by atoms with Crippen LogP contribution in [0, 0.1) is 0 Å². The maximum absolute atomic E-state index is 12.5. The number of anilines is 1. The predicted molar refractivity (Wildman–Crippen MR) is 114 cm³/mol. The fourth-order valence-corrected chi connectivity index (χ4v) is 4.31. The van der Waals surface area contributed by atoms with Crippen LogP contribution in [0.1, 0.15) is 12.5 Å². The summed E-state index contributed by atoms with van der Waals surface area (Å²) in [6.45, 7) is 3.38. The van der Waals surface area contributed by atoms with E-state index in [1.54, 1.807) is 18.2 Å². The minimum Gasteiger partial charge on any atom is -0.486 e. The van der Waals surface area contributed by atoms with Crippen LogP contribution in [0.5, 0.6) is 23.0 Å². The number of carbonyl (C=O) groups excluding carboxylic acids is 1. The van der Waals surface area contributed by atoms with Gasteiger partial charge in [0.2, 0.25) is 12.7 Å². The summed E-state index contributed by atoms with van der Waals surface area (Å²) in [4.78, 5) is 17.3. The summed E-state index contributed by atoms with van der Waals surface area (Å²) >= 11 is 1.43. The number of pyridine rings is 1. The molecule has 0 saturated heterocycles. The summed E-state index contributed by atoms with van der Waals surface area (Å²) < 4.78 is 22.0. The first-order chi connectivity index (χ1) is 14.7. The average molecular weight is 424 g/mol. The molecule has 0 spiro atoms. The van der Waals surface area contributed by atoms with E-state index < -0.39 is 0 Å². The molecule has 30 heavy (non-hydrogen) atoms. The van der Waals surface area contributed by atoms with E-state index in [0.717, 1.165) is 33.7 Å². The summed E-state index contributed by atoms with van der Waals surface area (Å²) in [5.74, 6) is 2.93. The molecule has 1 amide bonds. The van der Waals surface area contributed by atoms with Crippen LogP contribution in [0.15, 0.2) is 41.4 Å². The maximum atomic E-state index is 12.5. The second-order valence-electron chi connectivity index (χ2n) is 6.90. The predicted octanol–water partition coefficient (Wildman–Crippen LogP) is 4.03. The van der Waals surface area contributed by atoms with Gasteiger partial charge < -0.3 is 24.3 Å². The van der Waals surface area contributed by atoms with Gasteiger partial charge in [-0.15, -0.1) is 0 Å². The monoisotopic (exact) mass is 424 g/mol. The lowest BCUT2D eigenvalue weighted by molar-refractivity contribution is -0.113. The van der Waals surface area contributed by atoms with Gasteiger partial charge in [-0.3, -0.25) is 4.79 Å². The summed E-state index contributed by atoms with van der Waals surface area (Å²) in [7, 11) is 0. The molecule has 0 atom stereocenters. The lowest BCUT2D eigenvalue weighted by atomic mass is 10.1. The molecule has 8 heteroatoms. The molecule has 1 N–H and O–H groups in total. The first kappa shape index (κ1) is 18.9. The Balaban J connectivity index is 1.32. The van der Waals surface area contributed by atoms with Crippen molar-refractivity contribution in [1.29, 1.82) is 0 Å². The SMILES string of the molecule is CCc1cc2cc3c(cc2nc1SCC(=O)Nc1ccc2c(c1)OCO2)OCCO3. The van der Waals surface area contributed by atoms with Crippen LogP contribution in [0.4, 0.5) is 5.69 Å². The molecule has 0 bridgehead atoms. The molecular formula is C22H20N2O5S. The van der Waals surface area contributed by atoms with Crippen molar-refractivity contribution in [3.05, 3.63) is 42.0 Å². The molecule has 5 rings (SSSR count). The second kappa shape index (κ2) is 7.95. The highest BCUT2D eigenvalue weighted by Crippen LogP contribution is 2.36. The molecule has 0 fully saturated rings. The number of nitrogens with one attached hydrogen (secondary N) is 1. The number of ether oxygens (including phenoxy) is 4. The summed E-state index contributed by atoms with van der Waals surface area (Å²) in [6.07, 6.45) is 0.823. The Hall–Kier alpha value is -3.13. The number of amides is 1. The van der Waals surface area contributed by atoms with Crippen molar-refractivity contribution >= 4 is 34.3 Å². The fraction of sp³-hybridized carbons (Fsp3) is 0.273. The van der Waals surface area contributed by atoms with Gasteiger partial charge in [0.15, 0.2) is 23.0 Å². The zero-order valence-corrected chi connectivity index (χ0v) is 17.2. The third-order valence-electron chi connectivity index (χ3n) is 4.90. The van der Waals surface area contributed by atoms with Crippen molar-refractivity contribution in [1.82, 2.24) is 4.98 Å². The van der Waals surface area contributed by atoms with Gasteiger partial charge >= 0.3 is 0 Å². The van der Waals surface area contributed by atoms with Gasteiger partial charge in [-0.1, -0.05) is 18.7 Å². The quantitative estimate of drug-likeness (QED) is 0.620. The zero-order valence-electron chi connectivity index (χ0n) is 16.4. The first-order valence-corrected chi connectivity index (χ1v) is 10.7. The van der Waals surface area contributed by atoms with Crippen LogP contribution >= 0.6 is 11.8 Å². The summed E-state index contributed by atoms with van der Waals surface area (Å²) in [5, 5.41) is 4.75. The third kappa shape index (κ3) is 3.70. The Labute approximate surface area is 177 Å². The highest BCUT2D eigenvalue weighted by Gasteiger charge is 2.17. The van der Waals surface area contributed by atoms with E-state index in [0.29, 0.717) is 36.1 Å². The van der Waals surface area contributed by atoms with E-state index in [1.807, 2.05) is 12.1 Å². The number of fused-ring (bicyclic) bond motifs is 3. The van der Waals surface area contributed by atoms with Crippen molar-refractivity contribution < 1.29 is 23.7 Å². The van der Waals surface area contributed by atoms with Gasteiger partial charge in [0, 0.05) is 23.2 Å². The topological polar surface area (TPSA) is 78.9 Å². The van der Waals surface area contributed by atoms with Gasteiger partial charge in [0.1, 0.15) is 18.2 Å². The van der Waals surface area contributed by atoms with Crippen LogP contribution in [0.25, 0.3) is 10.9 Å². The van der Waals surface area contributed by atoms with Crippen molar-refractivity contribution in [2.75, 3.05) is 31.1 Å². The Morgan fingerprint density at radius 2 is 1.77 bits per heavy atom. The lowest BCUT2D eigenvalue weighted by Gasteiger charge is -2.19. The molecule has 3 heterocycles. The molecule has 0 aliphatic carbocycles. The minimum absolute atomic E-state index is 0.106. The maximum Gasteiger partial charge on any atom is 0.234 e. The summed E-state index contributed by atoms with van der Waals surface area (Å²) in [5.41, 5.74) is 2.60. The number of hydrogen-bond acceptors (Lipinski definition) is 7. The largest absolute Gasteiger partial charge is 0.486 e. The van der Waals surface area contributed by atoms with Gasteiger partial charge in [0.05, 0.1) is 11.3 Å². The van der Waals surface area contributed by atoms with Gasteiger partial charge in [-0.05, 0) is 36.2 Å². The van der Waals surface area contributed by atoms with E-state index in [4.69, 9.17) is 23.9 Å². The van der Waals surface area contributed by atoms with E-state index in [9.17, 15) is 4.79 Å². The molecule has 3 aromatic rings. The number of nitrogens with zero attached hydrogens (tertiary/aromatic N) is 1. The van der Waals surface area contributed by atoms with Crippen LogP contribution < -0.4 is 24.3 Å². The third-order valence-corrected chi connectivity index (χ3v) is 5.93. The van der Waals surface area contributed by atoms with Gasteiger partial charge in [0.25, 0.3) is 0 Å². The highest BCUT2D eigenvalue weighted by atomic mass is 32.2. The number of benzene rings is 2. The van der Waals surface area contributed by atoms with Crippen molar-refractivity contribution in [2.24, 2.45) is 0 Å².